The topological polar surface area (TPSA) is 259 Å². The van der Waals surface area contributed by atoms with Crippen LogP contribution in [0.2, 0.25) is 0 Å². The first kappa shape index (κ1) is 29.5. The zero-order chi connectivity index (χ0) is 31.7. The fourth-order valence-electron chi connectivity index (χ4n) is 7.38. The number of nitrogen functional groups attached to an aromatic ring is 1. The van der Waals surface area contributed by atoms with E-state index in [-0.39, 0.29) is 42.7 Å². The van der Waals surface area contributed by atoms with Crippen LogP contribution in [0.5, 0.6) is 0 Å². The van der Waals surface area contributed by atoms with Crippen molar-refractivity contribution in [1.29, 1.82) is 0 Å². The molecule has 5 aliphatic rings. The lowest BCUT2D eigenvalue weighted by Crippen LogP contribution is -2.46. The number of aliphatic hydroxyl groups excluding tert-OH is 1. The highest BCUT2D eigenvalue weighted by atomic mass is 32.7. The van der Waals surface area contributed by atoms with Gasteiger partial charge in [0.2, 0.25) is 0 Å². The third-order valence-electron chi connectivity index (χ3n) is 9.55. The summed E-state index contributed by atoms with van der Waals surface area (Å²) in [5.41, 5.74) is 4.13. The largest absolute Gasteiger partial charge is 0.388 e. The quantitative estimate of drug-likeness (QED) is 0.135. The molecule has 2 bridgehead atoms. The molecular formula is C23H26N10O10P2S. The molecule has 20 nitrogen and oxygen atoms in total. The van der Waals surface area contributed by atoms with E-state index in [1.54, 1.807) is 11.5 Å². The lowest BCUT2D eigenvalue weighted by Gasteiger charge is -2.34. The third kappa shape index (κ3) is 4.14. The highest BCUT2D eigenvalue weighted by molar-refractivity contribution is 8.44. The van der Waals surface area contributed by atoms with Gasteiger partial charge in [0, 0.05) is 5.41 Å². The van der Waals surface area contributed by atoms with Gasteiger partial charge in [0.1, 0.15) is 47.7 Å². The summed E-state index contributed by atoms with van der Waals surface area (Å²) < 4.78 is 53.1. The average Bonchev–Trinajstić information content (AvgIpc) is 3.43. The minimum absolute atomic E-state index is 0.0116. The number of hydrogen-bond acceptors (Lipinski definition) is 17. The number of nitrogens with two attached hydrogens (primary N) is 1. The highest BCUT2D eigenvalue weighted by Crippen LogP contribution is 2.72. The summed E-state index contributed by atoms with van der Waals surface area (Å²) in [6, 6.07) is -0.754. The van der Waals surface area contributed by atoms with E-state index in [1.807, 2.05) is 0 Å². The van der Waals surface area contributed by atoms with Gasteiger partial charge >= 0.3 is 15.4 Å². The molecule has 2 saturated carbocycles. The van der Waals surface area contributed by atoms with Crippen molar-refractivity contribution < 1.29 is 42.1 Å². The van der Waals surface area contributed by atoms with E-state index in [0.29, 0.717) is 23.4 Å². The predicted molar refractivity (Wildman–Crippen MR) is 156 cm³/mol. The fourth-order valence-corrected chi connectivity index (χ4v) is 9.84. The molecular weight excluding hydrogens is 670 g/mol. The Labute approximate surface area is 263 Å². The predicted octanol–water partition coefficient (Wildman–Crippen LogP) is -0.0923. The van der Waals surface area contributed by atoms with Crippen molar-refractivity contribution in [2.45, 2.75) is 55.6 Å². The maximum Gasteiger partial charge on any atom is 0.386 e. The number of thiol groups is 1. The molecule has 5 fully saturated rings. The number of hydrogen-bond donors (Lipinski definition) is 5. The summed E-state index contributed by atoms with van der Waals surface area (Å²) in [5.74, 6) is 0.183. The van der Waals surface area contributed by atoms with Gasteiger partial charge in [-0.2, -0.15) is 0 Å². The van der Waals surface area contributed by atoms with E-state index < -0.39 is 68.7 Å². The molecule has 4 aromatic rings. The molecule has 3 saturated heterocycles. The summed E-state index contributed by atoms with van der Waals surface area (Å²) >= 11 is 4.30. The fraction of sp³-hybridized carbons (Fsp3) is 0.609. The van der Waals surface area contributed by atoms with Crippen LogP contribution in [0.1, 0.15) is 24.5 Å². The van der Waals surface area contributed by atoms with Crippen molar-refractivity contribution in [1.82, 2.24) is 44.5 Å². The Balaban J connectivity index is 1.03. The summed E-state index contributed by atoms with van der Waals surface area (Å²) in [6.45, 7) is -3.05. The zero-order valence-electron chi connectivity index (χ0n) is 23.7. The molecule has 3 aliphatic heterocycles. The SMILES string of the molecule is Cc1nc2c(nnn2[C@H]2[C@H](O)[C@@H]3OP(O)OC[C@@]45CO[C@@H]([C@H](n6cnc7c(N)ncnc76)O4)[C@@H]5O[P@](=O)(S)OCC34C[C@H]24)c(=O)[nH]1. The van der Waals surface area contributed by atoms with Crippen molar-refractivity contribution >= 4 is 55.8 Å². The number of rotatable bonds is 2. The van der Waals surface area contributed by atoms with Gasteiger partial charge in [-0.15, -0.1) is 5.10 Å². The Morgan fingerprint density at radius 2 is 2.04 bits per heavy atom. The number of imidazole rings is 1. The molecule has 9 rings (SSSR count). The molecule has 11 atom stereocenters. The molecule has 0 radical (unpaired) electrons. The number of aliphatic hydroxyl groups is 1. The Morgan fingerprint density at radius 1 is 1.20 bits per heavy atom. The van der Waals surface area contributed by atoms with Crippen LogP contribution >= 0.6 is 27.6 Å². The second-order valence-corrected chi connectivity index (χ2v) is 15.9. The Morgan fingerprint density at radius 3 is 2.89 bits per heavy atom. The van der Waals surface area contributed by atoms with Crippen LogP contribution < -0.4 is 11.3 Å². The smallest absolute Gasteiger partial charge is 0.386 e. The number of aromatic nitrogens is 9. The first-order valence-electron chi connectivity index (χ1n) is 14.2. The van der Waals surface area contributed by atoms with Gasteiger partial charge < -0.3 is 43.8 Å². The summed E-state index contributed by atoms with van der Waals surface area (Å²) in [5, 5.41) is 19.7. The molecule has 2 aliphatic carbocycles. The minimum Gasteiger partial charge on any atom is -0.388 e. The maximum absolute atomic E-state index is 13.8. The lowest BCUT2D eigenvalue weighted by molar-refractivity contribution is -0.183. The van der Waals surface area contributed by atoms with E-state index in [4.69, 9.17) is 33.3 Å². The van der Waals surface area contributed by atoms with Crippen molar-refractivity contribution in [3.05, 3.63) is 28.8 Å². The number of H-pyrrole nitrogens is 1. The van der Waals surface area contributed by atoms with Gasteiger partial charge in [-0.3, -0.25) is 13.9 Å². The summed E-state index contributed by atoms with van der Waals surface area (Å²) in [7, 11) is -2.59. The first-order valence-corrected chi connectivity index (χ1v) is 18.0. The van der Waals surface area contributed by atoms with Crippen LogP contribution in [0.15, 0.2) is 17.4 Å². The molecule has 23 heteroatoms. The van der Waals surface area contributed by atoms with Crippen molar-refractivity contribution in [2.24, 2.45) is 11.3 Å². The van der Waals surface area contributed by atoms with Gasteiger partial charge in [0.25, 0.3) is 5.56 Å². The molecule has 46 heavy (non-hydrogen) atoms. The molecule has 1 spiro atoms. The zero-order valence-corrected chi connectivity index (χ0v) is 26.4. The second-order valence-electron chi connectivity index (χ2n) is 12.1. The van der Waals surface area contributed by atoms with Crippen LogP contribution in [0, 0.1) is 18.3 Å². The van der Waals surface area contributed by atoms with Gasteiger partial charge in [-0.1, -0.05) is 17.5 Å². The van der Waals surface area contributed by atoms with Crippen LogP contribution in [0.3, 0.4) is 0 Å². The third-order valence-corrected chi connectivity index (χ3v) is 11.9. The normalized spacial score (nSPS) is 42.0. The number of aromatic amines is 1. The second kappa shape index (κ2) is 9.93. The molecule has 2 unspecified atom stereocenters. The minimum atomic E-state index is -4.12. The number of aryl methyl sites for hydroxylation is 1. The number of fused-ring (bicyclic) bond motifs is 2. The number of nitrogens with zero attached hydrogens (tertiary/aromatic N) is 8. The monoisotopic (exact) mass is 696 g/mol. The summed E-state index contributed by atoms with van der Waals surface area (Å²) in [4.78, 5) is 43.0. The van der Waals surface area contributed by atoms with Crippen molar-refractivity contribution in [3.8, 4) is 0 Å². The molecule has 0 amide bonds. The number of anilines is 1. The summed E-state index contributed by atoms with van der Waals surface area (Å²) in [6.07, 6.45) is -1.81. The Kier molecular flexibility index (Phi) is 6.36. The molecule has 244 valence electrons. The van der Waals surface area contributed by atoms with Crippen molar-refractivity contribution in [2.75, 3.05) is 25.6 Å². The highest BCUT2D eigenvalue weighted by Gasteiger charge is 2.74. The van der Waals surface area contributed by atoms with Crippen molar-refractivity contribution in [3.63, 3.8) is 0 Å². The van der Waals surface area contributed by atoms with E-state index >= 15 is 0 Å². The van der Waals surface area contributed by atoms with Crippen LogP contribution in [-0.2, 0) is 32.1 Å². The van der Waals surface area contributed by atoms with E-state index in [2.05, 4.69) is 47.5 Å². The van der Waals surface area contributed by atoms with Crippen LogP contribution in [0.4, 0.5) is 5.82 Å². The van der Waals surface area contributed by atoms with E-state index in [1.165, 1.54) is 17.3 Å². The molecule has 0 aromatic carbocycles. The molecule has 5 N–H and O–H groups in total. The number of nitrogens with one attached hydrogen (secondary N) is 1. The first-order chi connectivity index (χ1) is 22.0. The molecule has 7 heterocycles. The molecule has 4 aromatic heterocycles. The Hall–Kier alpha value is -2.68. The van der Waals surface area contributed by atoms with Gasteiger partial charge in [0.15, 0.2) is 28.9 Å². The van der Waals surface area contributed by atoms with Gasteiger partial charge in [-0.05, 0) is 19.3 Å². The van der Waals surface area contributed by atoms with Crippen LogP contribution in [-0.4, -0.2) is 104 Å². The average molecular weight is 697 g/mol. The number of ether oxygens (including phenoxy) is 2. The van der Waals surface area contributed by atoms with Gasteiger partial charge in [0.05, 0.1) is 32.2 Å². The maximum atomic E-state index is 13.8. The Bertz CT molecular complexity index is 2010. The standard InChI is InChI=1S/C23H26N10O10P2S/c1-8-28-19-11(20(35)29-8)30-31-33(19)12-9-2-22(9)3-40-45(37,46)43-16-14-21(32-7-27-10-17(24)25-6-26-18(10)32)41-23(16,4-38-14)5-39-44(36)42-15(22)13(12)34/h6-7,9,12-16,21,34,36H,2-5H2,1H3,(H,37,46)(H2,24,25,26)(H,28,29,35)/t9-,12-,13+,14-,15+,16+,21-,22?,23-,44?,45-/m1/s1. The van der Waals surface area contributed by atoms with E-state index in [9.17, 15) is 19.4 Å². The van der Waals surface area contributed by atoms with Crippen LogP contribution in [0.25, 0.3) is 22.3 Å². The van der Waals surface area contributed by atoms with Gasteiger partial charge in [-0.25, -0.2) is 29.2 Å². The van der Waals surface area contributed by atoms with E-state index in [0.717, 1.165) is 0 Å². The lowest BCUT2D eigenvalue weighted by atomic mass is 10.0.